The highest BCUT2D eigenvalue weighted by Crippen LogP contribution is 2.31. The highest BCUT2D eigenvalue weighted by atomic mass is 16.7. The molecule has 3 aliphatic rings. The lowest BCUT2D eigenvalue weighted by atomic mass is 9.97. The Hall–Kier alpha value is -0.560. The fraction of sp³-hybridized carbons (Fsp3) is 1.00. The van der Waals surface area contributed by atoms with Crippen LogP contribution in [0.1, 0.15) is 6.92 Å². The van der Waals surface area contributed by atoms with Gasteiger partial charge in [0, 0.05) is 0 Å². The molecule has 0 aromatic carbocycles. The Morgan fingerprint density at radius 1 is 0.710 bits per heavy atom. The van der Waals surface area contributed by atoms with Crippen LogP contribution in [0.25, 0.3) is 0 Å². The van der Waals surface area contributed by atoms with Crippen molar-refractivity contribution in [2.75, 3.05) is 13.2 Å². The van der Waals surface area contributed by atoms with Crippen molar-refractivity contribution in [1.29, 1.82) is 0 Å². The summed E-state index contributed by atoms with van der Waals surface area (Å²) < 4.78 is 26.5. The maximum absolute atomic E-state index is 10.7. The van der Waals surface area contributed by atoms with Gasteiger partial charge in [-0.25, -0.2) is 0 Å². The Morgan fingerprint density at radius 3 is 1.97 bits per heavy atom. The van der Waals surface area contributed by atoms with Gasteiger partial charge in [0.2, 0.25) is 0 Å². The minimum atomic E-state index is -1.81. The first-order valence-corrected chi connectivity index (χ1v) is 9.85. The zero-order valence-corrected chi connectivity index (χ0v) is 16.6. The summed E-state index contributed by atoms with van der Waals surface area (Å²) in [6.45, 7) is 0.318. The molecule has 0 aliphatic carbocycles. The molecule has 3 saturated heterocycles. The van der Waals surface area contributed by atoms with E-state index in [9.17, 15) is 46.0 Å². The van der Waals surface area contributed by atoms with Crippen LogP contribution >= 0.6 is 0 Å². The number of aliphatic hydroxyl groups is 9. The number of rotatable bonds is 5. The molecule has 0 saturated carbocycles. The van der Waals surface area contributed by atoms with E-state index in [2.05, 4.69) is 0 Å². The van der Waals surface area contributed by atoms with Gasteiger partial charge < -0.3 is 69.6 Å². The second-order valence-electron chi connectivity index (χ2n) is 7.87. The predicted molar refractivity (Wildman–Crippen MR) is 93.8 cm³/mol. The molecule has 14 nitrogen and oxygen atoms in total. The Balaban J connectivity index is 1.72. The van der Waals surface area contributed by atoms with Gasteiger partial charge in [0.25, 0.3) is 0 Å². The third-order valence-electron chi connectivity index (χ3n) is 5.66. The highest BCUT2D eigenvalue weighted by molar-refractivity contribution is 4.94. The van der Waals surface area contributed by atoms with Crippen molar-refractivity contribution in [2.45, 2.75) is 92.9 Å². The Labute approximate surface area is 176 Å². The van der Waals surface area contributed by atoms with E-state index < -0.39 is 92.6 Å². The monoisotopic (exact) mass is 458 g/mol. The van der Waals surface area contributed by atoms with Crippen molar-refractivity contribution in [3.8, 4) is 0 Å². The minimum absolute atomic E-state index is 0.376. The topological polar surface area (TPSA) is 228 Å². The van der Waals surface area contributed by atoms with E-state index in [1.807, 2.05) is 0 Å². The van der Waals surface area contributed by atoms with Crippen LogP contribution in [0.15, 0.2) is 0 Å². The number of hydrogen-bond acceptors (Lipinski definition) is 14. The molecule has 182 valence electrons. The van der Waals surface area contributed by atoms with Gasteiger partial charge in [0.15, 0.2) is 18.9 Å². The lowest BCUT2D eigenvalue weighted by Gasteiger charge is -2.47. The summed E-state index contributed by atoms with van der Waals surface area (Å²) in [5.74, 6) is 0. The van der Waals surface area contributed by atoms with E-state index in [1.54, 1.807) is 0 Å². The molecule has 3 heterocycles. The molecule has 14 heteroatoms. The molecular formula is C17H30O14. The van der Waals surface area contributed by atoms with E-state index in [1.165, 1.54) is 6.92 Å². The van der Waals surface area contributed by atoms with Gasteiger partial charge in [-0.05, 0) is 6.92 Å². The summed E-state index contributed by atoms with van der Waals surface area (Å²) in [5.41, 5.74) is 0. The van der Waals surface area contributed by atoms with E-state index in [0.717, 1.165) is 0 Å². The van der Waals surface area contributed by atoms with Crippen LogP contribution in [-0.2, 0) is 23.7 Å². The fourth-order valence-corrected chi connectivity index (χ4v) is 3.71. The van der Waals surface area contributed by atoms with Crippen molar-refractivity contribution in [3.63, 3.8) is 0 Å². The molecule has 14 atom stereocenters. The van der Waals surface area contributed by atoms with Gasteiger partial charge in [-0.2, -0.15) is 0 Å². The lowest BCUT2D eigenvalue weighted by molar-refractivity contribution is -0.376. The van der Waals surface area contributed by atoms with E-state index in [-0.39, 0.29) is 6.61 Å². The molecule has 0 radical (unpaired) electrons. The molecule has 31 heavy (non-hydrogen) atoms. The summed E-state index contributed by atoms with van der Waals surface area (Å²) >= 11 is 0. The third-order valence-corrected chi connectivity index (χ3v) is 5.66. The maximum Gasteiger partial charge on any atom is 0.187 e. The van der Waals surface area contributed by atoms with Crippen LogP contribution in [0.5, 0.6) is 0 Å². The first kappa shape index (κ1) is 25.1. The zero-order chi connectivity index (χ0) is 23.0. The quantitative estimate of drug-likeness (QED) is 0.187. The second kappa shape index (κ2) is 10.1. The largest absolute Gasteiger partial charge is 0.394 e. The minimum Gasteiger partial charge on any atom is -0.394 e. The molecule has 9 N–H and O–H groups in total. The lowest BCUT2D eigenvalue weighted by Crippen LogP contribution is -2.65. The highest BCUT2D eigenvalue weighted by Gasteiger charge is 2.52. The van der Waals surface area contributed by atoms with Crippen molar-refractivity contribution in [2.24, 2.45) is 0 Å². The normalized spacial score (nSPS) is 54.0. The molecule has 0 aromatic heterocycles. The van der Waals surface area contributed by atoms with Crippen LogP contribution in [0.4, 0.5) is 0 Å². The Morgan fingerprint density at radius 2 is 1.32 bits per heavy atom. The molecule has 0 amide bonds. The standard InChI is InChI=1S/C17H30O14/c1-4-7(20)9(22)11(24)17(28-4)31-14-12(25)13(6(2-18)29-15(14)26)30-16-10(23)8(21)5(19)3-27-16/h4-26H,2-3H2,1H3/t4-,5+,6+,7-,8-,9+,10+,11+,12-,13+,14+,15?,16-,17-/m0/s1. The van der Waals surface area contributed by atoms with Crippen molar-refractivity contribution in [3.05, 3.63) is 0 Å². The molecule has 3 rings (SSSR count). The van der Waals surface area contributed by atoms with Gasteiger partial charge in [0.1, 0.15) is 61.0 Å². The molecule has 3 fully saturated rings. The number of aliphatic hydroxyl groups excluding tert-OH is 9. The predicted octanol–water partition coefficient (Wildman–Crippen LogP) is -5.91. The summed E-state index contributed by atoms with van der Waals surface area (Å²) in [4.78, 5) is 0. The average molecular weight is 458 g/mol. The van der Waals surface area contributed by atoms with Gasteiger partial charge >= 0.3 is 0 Å². The van der Waals surface area contributed by atoms with Crippen LogP contribution in [0.3, 0.4) is 0 Å². The number of hydrogen-bond donors (Lipinski definition) is 9. The van der Waals surface area contributed by atoms with Crippen molar-refractivity contribution < 1.29 is 69.6 Å². The van der Waals surface area contributed by atoms with Gasteiger partial charge in [-0.3, -0.25) is 0 Å². The van der Waals surface area contributed by atoms with E-state index in [4.69, 9.17) is 23.7 Å². The van der Waals surface area contributed by atoms with Gasteiger partial charge in [-0.1, -0.05) is 0 Å². The Bertz CT molecular complexity index is 581. The van der Waals surface area contributed by atoms with E-state index >= 15 is 0 Å². The number of ether oxygens (including phenoxy) is 5. The van der Waals surface area contributed by atoms with Crippen LogP contribution < -0.4 is 0 Å². The first-order chi connectivity index (χ1) is 14.6. The van der Waals surface area contributed by atoms with Crippen LogP contribution in [0, 0.1) is 0 Å². The molecule has 0 aromatic rings. The Kier molecular flexibility index (Phi) is 8.21. The van der Waals surface area contributed by atoms with Crippen LogP contribution in [0.2, 0.25) is 0 Å². The molecule has 0 bridgehead atoms. The van der Waals surface area contributed by atoms with Gasteiger partial charge in [0.05, 0.1) is 19.3 Å². The molecule has 0 spiro atoms. The average Bonchev–Trinajstić information content (AvgIpc) is 2.74. The molecular weight excluding hydrogens is 428 g/mol. The smallest absolute Gasteiger partial charge is 0.187 e. The fourth-order valence-electron chi connectivity index (χ4n) is 3.71. The summed E-state index contributed by atoms with van der Waals surface area (Å²) in [7, 11) is 0. The molecule has 1 unspecified atom stereocenters. The van der Waals surface area contributed by atoms with Crippen molar-refractivity contribution >= 4 is 0 Å². The SMILES string of the molecule is C[C@@H]1O[C@@H](O[C@H]2C(O)O[C@H](CO)[C@@H](O[C@@H]3OC[C@@H](O)[C@H](O)[C@H]3O)[C@@H]2O)[C@H](O)[C@H](O)[C@H]1O. The first-order valence-electron chi connectivity index (χ1n) is 9.85. The summed E-state index contributed by atoms with van der Waals surface area (Å²) in [6.07, 6.45) is -21.3. The second-order valence-corrected chi connectivity index (χ2v) is 7.87. The van der Waals surface area contributed by atoms with Gasteiger partial charge in [-0.15, -0.1) is 0 Å². The van der Waals surface area contributed by atoms with Crippen molar-refractivity contribution in [1.82, 2.24) is 0 Å². The summed E-state index contributed by atoms with van der Waals surface area (Å²) in [5, 5.41) is 89.7. The van der Waals surface area contributed by atoms with Crippen LogP contribution in [-0.4, -0.2) is 145 Å². The van der Waals surface area contributed by atoms with E-state index in [0.29, 0.717) is 0 Å². The third kappa shape index (κ3) is 5.02. The maximum atomic E-state index is 10.7. The molecule has 3 aliphatic heterocycles. The summed E-state index contributed by atoms with van der Waals surface area (Å²) in [6, 6.07) is 0. The zero-order valence-electron chi connectivity index (χ0n) is 16.6.